The molecule has 0 N–H and O–H groups in total. The fourth-order valence-corrected chi connectivity index (χ4v) is 6.11. The van der Waals surface area contributed by atoms with Gasteiger partial charge in [0.25, 0.3) is 5.56 Å². The van der Waals surface area contributed by atoms with E-state index in [1.807, 2.05) is 29.3 Å². The van der Waals surface area contributed by atoms with Crippen molar-refractivity contribution in [2.24, 2.45) is 0 Å². The maximum Gasteiger partial charge on any atom is 0.269 e. The zero-order valence-corrected chi connectivity index (χ0v) is 19.4. The summed E-state index contributed by atoms with van der Waals surface area (Å²) in [7, 11) is 0. The van der Waals surface area contributed by atoms with Gasteiger partial charge in [-0.2, -0.15) is 0 Å². The van der Waals surface area contributed by atoms with Gasteiger partial charge >= 0.3 is 0 Å². The van der Waals surface area contributed by atoms with Gasteiger partial charge in [0.2, 0.25) is 5.04 Å². The SMILES string of the molecule is CCN1C=CC(=CC=c2sc(=CC3=[N+](CC)CCS3)n(CC)c2=O)c2ccccc21. The second-order valence-electron chi connectivity index (χ2n) is 7.17. The number of thioether (sulfide) groups is 1. The lowest BCUT2D eigenvalue weighted by atomic mass is 9.99. The predicted molar refractivity (Wildman–Crippen MR) is 132 cm³/mol. The van der Waals surface area contributed by atoms with E-state index >= 15 is 0 Å². The highest BCUT2D eigenvalue weighted by Crippen LogP contribution is 2.32. The smallest absolute Gasteiger partial charge is 0.269 e. The number of fused-ring (bicyclic) bond motifs is 1. The molecule has 0 atom stereocenters. The van der Waals surface area contributed by atoms with Crippen molar-refractivity contribution in [1.29, 1.82) is 0 Å². The molecule has 1 aromatic carbocycles. The van der Waals surface area contributed by atoms with Crippen molar-refractivity contribution in [1.82, 2.24) is 4.57 Å². The minimum absolute atomic E-state index is 0.0977. The number of nitrogens with zero attached hydrogens (tertiary/aromatic N) is 3. The largest absolute Gasteiger partial charge is 0.348 e. The average Bonchev–Trinajstić information content (AvgIpc) is 3.35. The molecule has 3 heterocycles. The molecule has 0 saturated heterocycles. The van der Waals surface area contributed by atoms with E-state index in [4.69, 9.17) is 0 Å². The zero-order valence-electron chi connectivity index (χ0n) is 17.8. The Hall–Kier alpha value is -2.31. The summed E-state index contributed by atoms with van der Waals surface area (Å²) >= 11 is 3.46. The summed E-state index contributed by atoms with van der Waals surface area (Å²) in [5, 5.41) is 1.27. The first-order chi connectivity index (χ1) is 14.7. The number of para-hydroxylation sites is 1. The zero-order chi connectivity index (χ0) is 21.1. The maximum atomic E-state index is 13.0. The van der Waals surface area contributed by atoms with E-state index in [0.29, 0.717) is 6.54 Å². The van der Waals surface area contributed by atoms with Crippen LogP contribution in [0.3, 0.4) is 0 Å². The van der Waals surface area contributed by atoms with E-state index in [-0.39, 0.29) is 5.56 Å². The highest BCUT2D eigenvalue weighted by atomic mass is 32.2. The lowest BCUT2D eigenvalue weighted by Gasteiger charge is -2.26. The molecule has 0 fully saturated rings. The maximum absolute atomic E-state index is 13.0. The van der Waals surface area contributed by atoms with Gasteiger partial charge < -0.3 is 4.90 Å². The molecule has 0 bridgehead atoms. The Bertz CT molecular complexity index is 1210. The molecule has 4 rings (SSSR count). The third-order valence-corrected chi connectivity index (χ3v) is 7.65. The third kappa shape index (κ3) is 3.98. The molecule has 0 unspecified atom stereocenters. The number of allylic oxidation sites excluding steroid dienone is 3. The monoisotopic (exact) mass is 438 g/mol. The third-order valence-electron chi connectivity index (χ3n) is 5.52. The van der Waals surface area contributed by atoms with Crippen LogP contribution < -0.4 is 19.7 Å². The van der Waals surface area contributed by atoms with Crippen LogP contribution in [-0.4, -0.2) is 39.6 Å². The summed E-state index contributed by atoms with van der Waals surface area (Å²) < 4.78 is 6.08. The second-order valence-corrected chi connectivity index (χ2v) is 9.35. The summed E-state index contributed by atoms with van der Waals surface area (Å²) in [4.78, 5) is 15.2. The normalized spacial score (nSPS) is 18.8. The summed E-state index contributed by atoms with van der Waals surface area (Å²) in [6, 6.07) is 8.43. The summed E-state index contributed by atoms with van der Waals surface area (Å²) in [6.07, 6.45) is 10.5. The molecule has 1 aromatic heterocycles. The molecule has 6 heteroatoms. The van der Waals surface area contributed by atoms with Gasteiger partial charge in [-0.25, -0.2) is 4.58 Å². The van der Waals surface area contributed by atoms with E-state index in [1.54, 1.807) is 11.3 Å². The van der Waals surface area contributed by atoms with Crippen molar-refractivity contribution in [2.75, 3.05) is 30.3 Å². The topological polar surface area (TPSA) is 28.2 Å². The Morgan fingerprint density at radius 3 is 2.73 bits per heavy atom. The van der Waals surface area contributed by atoms with Crippen LogP contribution in [0.5, 0.6) is 0 Å². The van der Waals surface area contributed by atoms with Gasteiger partial charge in [-0.3, -0.25) is 9.36 Å². The minimum atomic E-state index is 0.0977. The van der Waals surface area contributed by atoms with Crippen LogP contribution in [-0.2, 0) is 6.54 Å². The van der Waals surface area contributed by atoms with Gasteiger partial charge in [0.05, 0.1) is 16.4 Å². The molecule has 2 aliphatic rings. The molecule has 0 amide bonds. The Labute approximate surface area is 185 Å². The van der Waals surface area contributed by atoms with E-state index < -0.39 is 0 Å². The van der Waals surface area contributed by atoms with Crippen molar-refractivity contribution in [3.8, 4) is 0 Å². The van der Waals surface area contributed by atoms with Crippen LogP contribution in [0.15, 0.2) is 47.4 Å². The predicted octanol–water partition coefficient (Wildman–Crippen LogP) is 3.11. The molecule has 4 nitrogen and oxygen atoms in total. The van der Waals surface area contributed by atoms with Gasteiger partial charge in [-0.1, -0.05) is 36.0 Å². The van der Waals surface area contributed by atoms with Crippen molar-refractivity contribution in [2.45, 2.75) is 27.3 Å². The summed E-state index contributed by atoms with van der Waals surface area (Å²) in [6.45, 7) is 10.1. The molecular formula is C24H28N3OS2+. The first-order valence-electron chi connectivity index (χ1n) is 10.6. The number of rotatable bonds is 5. The van der Waals surface area contributed by atoms with Crippen LogP contribution in [0.1, 0.15) is 26.3 Å². The van der Waals surface area contributed by atoms with Crippen LogP contribution in [0.25, 0.3) is 17.7 Å². The molecule has 0 aliphatic carbocycles. The van der Waals surface area contributed by atoms with Crippen LogP contribution in [0, 0.1) is 0 Å². The van der Waals surface area contributed by atoms with Crippen LogP contribution in [0.2, 0.25) is 0 Å². The fourth-order valence-electron chi connectivity index (χ4n) is 3.87. The number of hydrogen-bond donors (Lipinski definition) is 0. The Morgan fingerprint density at radius 2 is 1.97 bits per heavy atom. The van der Waals surface area contributed by atoms with Gasteiger partial charge in [0.1, 0.15) is 11.2 Å². The van der Waals surface area contributed by atoms with Gasteiger partial charge in [-0.05, 0) is 44.6 Å². The number of benzene rings is 1. The molecule has 2 aliphatic heterocycles. The summed E-state index contributed by atoms with van der Waals surface area (Å²) in [5.74, 6) is 1.12. The van der Waals surface area contributed by atoms with E-state index in [2.05, 4.69) is 72.0 Å². The first kappa shape index (κ1) is 20.9. The van der Waals surface area contributed by atoms with Crippen molar-refractivity contribution in [3.05, 3.63) is 67.7 Å². The Balaban J connectivity index is 1.79. The van der Waals surface area contributed by atoms with Crippen molar-refractivity contribution >= 4 is 51.6 Å². The number of thiazole rings is 1. The van der Waals surface area contributed by atoms with E-state index in [9.17, 15) is 4.79 Å². The molecule has 0 spiro atoms. The molecular weight excluding hydrogens is 410 g/mol. The molecule has 2 aromatic rings. The number of hydrogen-bond acceptors (Lipinski definition) is 4. The summed E-state index contributed by atoms with van der Waals surface area (Å²) in [5.41, 5.74) is 3.64. The van der Waals surface area contributed by atoms with Gasteiger partial charge in [0.15, 0.2) is 6.54 Å². The Morgan fingerprint density at radius 1 is 1.13 bits per heavy atom. The van der Waals surface area contributed by atoms with Crippen molar-refractivity contribution < 1.29 is 4.58 Å². The second kappa shape index (κ2) is 9.23. The highest BCUT2D eigenvalue weighted by molar-refractivity contribution is 8.14. The lowest BCUT2D eigenvalue weighted by Crippen LogP contribution is -2.31. The van der Waals surface area contributed by atoms with Crippen LogP contribution in [0.4, 0.5) is 5.69 Å². The standard InChI is InChI=1S/C24H28N3OS2/c1-4-25-14-13-18(19-9-7-8-10-20(19)25)11-12-21-24(28)27(6-3)23(30-21)17-22-26(5-2)15-16-29-22/h7-14,17H,4-6,15-16H2,1-3H3/q+1. The lowest BCUT2D eigenvalue weighted by molar-refractivity contribution is -0.512. The fraction of sp³-hybridized carbons (Fsp3) is 0.333. The van der Waals surface area contributed by atoms with Crippen molar-refractivity contribution in [3.63, 3.8) is 0 Å². The molecule has 30 heavy (non-hydrogen) atoms. The Kier molecular flexibility index (Phi) is 6.44. The number of anilines is 1. The highest BCUT2D eigenvalue weighted by Gasteiger charge is 2.20. The molecule has 0 saturated carbocycles. The molecule has 0 radical (unpaired) electrons. The van der Waals surface area contributed by atoms with Gasteiger partial charge in [-0.15, -0.1) is 11.3 Å². The quantitative estimate of drug-likeness (QED) is 0.672. The molecule has 156 valence electrons. The minimum Gasteiger partial charge on any atom is -0.348 e. The number of aromatic nitrogens is 1. The first-order valence-corrected chi connectivity index (χ1v) is 12.4. The van der Waals surface area contributed by atoms with Crippen LogP contribution >= 0.6 is 23.1 Å². The van der Waals surface area contributed by atoms with Gasteiger partial charge in [0, 0.05) is 30.5 Å². The van der Waals surface area contributed by atoms with E-state index in [1.165, 1.54) is 16.3 Å². The van der Waals surface area contributed by atoms with E-state index in [0.717, 1.165) is 40.2 Å². The average molecular weight is 439 g/mol.